The number of hydrogen-bond acceptors (Lipinski definition) is 2. The molecule has 4 nitrogen and oxygen atoms in total. The number of nitrogens with zero attached hydrogens (tertiary/aromatic N) is 2. The summed E-state index contributed by atoms with van der Waals surface area (Å²) in [6.07, 6.45) is 0. The molecule has 0 saturated carbocycles. The van der Waals surface area contributed by atoms with Gasteiger partial charge in [0.1, 0.15) is 5.82 Å². The fourth-order valence-corrected chi connectivity index (χ4v) is 2.56. The summed E-state index contributed by atoms with van der Waals surface area (Å²) in [5.74, 6) is 0.514. The third-order valence-corrected chi connectivity index (χ3v) is 3.97. The average molecular weight is 470 g/mol. The summed E-state index contributed by atoms with van der Waals surface area (Å²) in [5, 5.41) is 6.55. The first kappa shape index (κ1) is 22.4. The Bertz CT molecular complexity index is 732. The standard InChI is InChI=1S/C20H27FN4.HI/c1-15-9-10-16(11-19(15)21)12-23-20(22-2)24-13-17-7-5-6-8-18(17)14-25(3)4;/h5-11H,12-14H2,1-4H3,(H2,22,23,24);1H. The number of halogens is 2. The molecule has 2 aromatic rings. The van der Waals surface area contributed by atoms with E-state index in [2.05, 4.69) is 52.8 Å². The van der Waals surface area contributed by atoms with Gasteiger partial charge >= 0.3 is 0 Å². The van der Waals surface area contributed by atoms with E-state index in [4.69, 9.17) is 0 Å². The van der Waals surface area contributed by atoms with Crippen LogP contribution in [0.25, 0.3) is 0 Å². The van der Waals surface area contributed by atoms with E-state index in [1.807, 2.05) is 12.1 Å². The molecule has 2 rings (SSSR count). The van der Waals surface area contributed by atoms with E-state index < -0.39 is 0 Å². The van der Waals surface area contributed by atoms with E-state index in [1.165, 1.54) is 11.1 Å². The Labute approximate surface area is 172 Å². The van der Waals surface area contributed by atoms with Crippen LogP contribution in [0.2, 0.25) is 0 Å². The van der Waals surface area contributed by atoms with Crippen molar-refractivity contribution in [1.82, 2.24) is 15.5 Å². The second-order valence-corrected chi connectivity index (χ2v) is 6.37. The maximum atomic E-state index is 13.6. The molecule has 0 heterocycles. The van der Waals surface area contributed by atoms with Crippen LogP contribution in [0.15, 0.2) is 47.5 Å². The van der Waals surface area contributed by atoms with Crippen molar-refractivity contribution in [3.63, 3.8) is 0 Å². The first-order chi connectivity index (χ1) is 12.0. The minimum Gasteiger partial charge on any atom is -0.352 e. The third-order valence-electron chi connectivity index (χ3n) is 3.97. The highest BCUT2D eigenvalue weighted by atomic mass is 127. The van der Waals surface area contributed by atoms with E-state index in [1.54, 1.807) is 26.1 Å². The molecular weight excluding hydrogens is 442 g/mol. The second-order valence-electron chi connectivity index (χ2n) is 6.37. The molecule has 0 aliphatic heterocycles. The van der Waals surface area contributed by atoms with Gasteiger partial charge in [0, 0.05) is 26.7 Å². The zero-order valence-electron chi connectivity index (χ0n) is 15.8. The Hall–Kier alpha value is -1.67. The Morgan fingerprint density at radius 2 is 1.69 bits per heavy atom. The van der Waals surface area contributed by atoms with Crippen LogP contribution >= 0.6 is 24.0 Å². The van der Waals surface area contributed by atoms with E-state index in [9.17, 15) is 4.39 Å². The first-order valence-corrected chi connectivity index (χ1v) is 8.40. The van der Waals surface area contributed by atoms with E-state index in [-0.39, 0.29) is 29.8 Å². The van der Waals surface area contributed by atoms with Crippen molar-refractivity contribution in [1.29, 1.82) is 0 Å². The normalized spacial score (nSPS) is 11.2. The lowest BCUT2D eigenvalue weighted by atomic mass is 10.1. The summed E-state index contributed by atoms with van der Waals surface area (Å²) in [6, 6.07) is 13.6. The van der Waals surface area contributed by atoms with Crippen LogP contribution in [-0.4, -0.2) is 32.0 Å². The Morgan fingerprint density at radius 1 is 1.04 bits per heavy atom. The van der Waals surface area contributed by atoms with E-state index in [0.717, 1.165) is 12.1 Å². The SMILES string of the molecule is CN=C(NCc1ccc(C)c(F)c1)NCc1ccccc1CN(C)C.I. The average Bonchev–Trinajstić information content (AvgIpc) is 2.59. The lowest BCUT2D eigenvalue weighted by Gasteiger charge is -2.16. The molecule has 0 aromatic heterocycles. The quantitative estimate of drug-likeness (QED) is 0.385. The lowest BCUT2D eigenvalue weighted by Crippen LogP contribution is -2.36. The van der Waals surface area contributed by atoms with Gasteiger partial charge in [0.15, 0.2) is 5.96 Å². The highest BCUT2D eigenvalue weighted by molar-refractivity contribution is 14.0. The molecule has 0 atom stereocenters. The van der Waals surface area contributed by atoms with Crippen LogP contribution in [0.4, 0.5) is 4.39 Å². The number of rotatable bonds is 6. The maximum Gasteiger partial charge on any atom is 0.191 e. The number of aliphatic imine (C=N–C) groups is 1. The van der Waals surface area contributed by atoms with Crippen LogP contribution in [0.3, 0.4) is 0 Å². The van der Waals surface area contributed by atoms with Crippen molar-refractivity contribution in [2.24, 2.45) is 4.99 Å². The van der Waals surface area contributed by atoms with Gasteiger partial charge in [-0.25, -0.2) is 4.39 Å². The Balaban J connectivity index is 0.00000338. The van der Waals surface area contributed by atoms with E-state index >= 15 is 0 Å². The largest absolute Gasteiger partial charge is 0.352 e. The summed E-state index contributed by atoms with van der Waals surface area (Å²) in [6.45, 7) is 3.87. The van der Waals surface area contributed by atoms with Crippen molar-refractivity contribution in [2.45, 2.75) is 26.6 Å². The van der Waals surface area contributed by atoms with Gasteiger partial charge < -0.3 is 15.5 Å². The maximum absolute atomic E-state index is 13.6. The van der Waals surface area contributed by atoms with Crippen LogP contribution in [0.5, 0.6) is 0 Å². The first-order valence-electron chi connectivity index (χ1n) is 8.40. The summed E-state index contributed by atoms with van der Waals surface area (Å²) in [4.78, 5) is 6.39. The van der Waals surface area contributed by atoms with Crippen molar-refractivity contribution < 1.29 is 4.39 Å². The molecule has 0 spiro atoms. The third kappa shape index (κ3) is 6.92. The minimum atomic E-state index is -0.181. The molecule has 2 N–H and O–H groups in total. The molecule has 0 bridgehead atoms. The zero-order valence-corrected chi connectivity index (χ0v) is 18.2. The molecule has 0 aliphatic rings. The van der Waals surface area contributed by atoms with Gasteiger partial charge in [0.2, 0.25) is 0 Å². The molecule has 0 radical (unpaired) electrons. The molecular formula is C20H28FIN4. The molecule has 0 amide bonds. The highest BCUT2D eigenvalue weighted by Gasteiger charge is 2.05. The molecule has 142 valence electrons. The summed E-state index contributed by atoms with van der Waals surface area (Å²) < 4.78 is 13.6. The molecule has 2 aromatic carbocycles. The van der Waals surface area contributed by atoms with Crippen molar-refractivity contribution in [2.75, 3.05) is 21.1 Å². The number of aryl methyl sites for hydroxylation is 1. The summed E-state index contributed by atoms with van der Waals surface area (Å²) in [7, 11) is 5.85. The smallest absolute Gasteiger partial charge is 0.191 e. The second kappa shape index (κ2) is 11.1. The highest BCUT2D eigenvalue weighted by Crippen LogP contribution is 2.11. The van der Waals surface area contributed by atoms with Crippen molar-refractivity contribution in [3.05, 3.63) is 70.5 Å². The van der Waals surface area contributed by atoms with Gasteiger partial charge in [-0.1, -0.05) is 36.4 Å². The lowest BCUT2D eigenvalue weighted by molar-refractivity contribution is 0.400. The summed E-state index contributed by atoms with van der Waals surface area (Å²) in [5.41, 5.74) is 4.07. The minimum absolute atomic E-state index is 0. The topological polar surface area (TPSA) is 39.7 Å². The van der Waals surface area contributed by atoms with Crippen LogP contribution in [0, 0.1) is 12.7 Å². The number of nitrogens with one attached hydrogen (secondary N) is 2. The molecule has 0 aliphatic carbocycles. The molecule has 6 heteroatoms. The molecule has 0 saturated heterocycles. The predicted molar refractivity (Wildman–Crippen MR) is 117 cm³/mol. The van der Waals surface area contributed by atoms with Crippen molar-refractivity contribution in [3.8, 4) is 0 Å². The van der Waals surface area contributed by atoms with Gasteiger partial charge in [-0.2, -0.15) is 0 Å². The van der Waals surface area contributed by atoms with E-state index in [0.29, 0.717) is 24.6 Å². The van der Waals surface area contributed by atoms with Gasteiger partial charge in [-0.15, -0.1) is 24.0 Å². The fourth-order valence-electron chi connectivity index (χ4n) is 2.56. The molecule has 26 heavy (non-hydrogen) atoms. The molecule has 0 fully saturated rings. The van der Waals surface area contributed by atoms with Crippen LogP contribution in [0.1, 0.15) is 22.3 Å². The Kier molecular flexibility index (Phi) is 9.58. The van der Waals surface area contributed by atoms with Gasteiger partial charge in [0.05, 0.1) is 0 Å². The predicted octanol–water partition coefficient (Wildman–Crippen LogP) is 3.68. The number of benzene rings is 2. The zero-order chi connectivity index (χ0) is 18.2. The molecule has 0 unspecified atom stereocenters. The van der Waals surface area contributed by atoms with Gasteiger partial charge in [-0.05, 0) is 49.3 Å². The van der Waals surface area contributed by atoms with Crippen molar-refractivity contribution >= 4 is 29.9 Å². The summed E-state index contributed by atoms with van der Waals surface area (Å²) >= 11 is 0. The Morgan fingerprint density at radius 3 is 2.31 bits per heavy atom. The monoisotopic (exact) mass is 470 g/mol. The van der Waals surface area contributed by atoms with Gasteiger partial charge in [-0.3, -0.25) is 4.99 Å². The number of hydrogen-bond donors (Lipinski definition) is 2. The van der Waals surface area contributed by atoms with Gasteiger partial charge in [0.25, 0.3) is 0 Å². The fraction of sp³-hybridized carbons (Fsp3) is 0.350. The van der Waals surface area contributed by atoms with Crippen LogP contribution in [-0.2, 0) is 19.6 Å². The number of guanidine groups is 1. The van der Waals surface area contributed by atoms with Crippen LogP contribution < -0.4 is 10.6 Å².